The third kappa shape index (κ3) is 3.58. The fourth-order valence-electron chi connectivity index (χ4n) is 2.77. The Labute approximate surface area is 132 Å². The SMILES string of the molecule is CCC(CC)(CN)C(=O)N(Cc1ccc(Cl)cc1)C1CC1. The smallest absolute Gasteiger partial charge is 0.230 e. The number of nitrogens with zero attached hydrogens (tertiary/aromatic N) is 1. The monoisotopic (exact) mass is 308 g/mol. The van der Waals surface area contributed by atoms with Crippen LogP contribution in [0.1, 0.15) is 45.1 Å². The molecule has 0 atom stereocenters. The molecule has 1 saturated carbocycles. The van der Waals surface area contributed by atoms with E-state index in [-0.39, 0.29) is 5.91 Å². The normalized spacial score (nSPS) is 15.0. The Bertz CT molecular complexity index is 470. The average Bonchev–Trinajstić information content (AvgIpc) is 3.33. The Morgan fingerprint density at radius 1 is 1.29 bits per heavy atom. The molecule has 1 amide bonds. The molecule has 0 unspecified atom stereocenters. The van der Waals surface area contributed by atoms with Gasteiger partial charge in [0.25, 0.3) is 0 Å². The van der Waals surface area contributed by atoms with Crippen molar-refractivity contribution < 1.29 is 4.79 Å². The van der Waals surface area contributed by atoms with Gasteiger partial charge in [-0.05, 0) is 43.4 Å². The molecule has 0 aromatic heterocycles. The van der Waals surface area contributed by atoms with Gasteiger partial charge in [0.2, 0.25) is 5.91 Å². The molecule has 1 aromatic rings. The first-order chi connectivity index (χ1) is 10.1. The number of rotatable bonds is 7. The van der Waals surface area contributed by atoms with Gasteiger partial charge in [0.15, 0.2) is 0 Å². The van der Waals surface area contributed by atoms with Gasteiger partial charge >= 0.3 is 0 Å². The van der Waals surface area contributed by atoms with Gasteiger partial charge in [-0.3, -0.25) is 4.79 Å². The number of carbonyl (C=O) groups excluding carboxylic acids is 1. The molecule has 0 spiro atoms. The summed E-state index contributed by atoms with van der Waals surface area (Å²) in [6.45, 7) is 5.19. The van der Waals surface area contributed by atoms with Crippen LogP contribution < -0.4 is 5.73 Å². The fraction of sp³-hybridized carbons (Fsp3) is 0.588. The molecular formula is C17H25ClN2O. The van der Waals surface area contributed by atoms with Crippen molar-refractivity contribution in [1.29, 1.82) is 0 Å². The van der Waals surface area contributed by atoms with E-state index in [2.05, 4.69) is 13.8 Å². The van der Waals surface area contributed by atoms with E-state index in [1.54, 1.807) is 0 Å². The van der Waals surface area contributed by atoms with Crippen LogP contribution in [0.5, 0.6) is 0 Å². The van der Waals surface area contributed by atoms with Crippen LogP contribution in [-0.4, -0.2) is 23.4 Å². The highest BCUT2D eigenvalue weighted by Gasteiger charge is 2.42. The summed E-state index contributed by atoms with van der Waals surface area (Å²) in [5, 5.41) is 0.724. The number of nitrogens with two attached hydrogens (primary N) is 1. The standard InChI is InChI=1S/C17H25ClN2O/c1-3-17(4-2,12-19)16(21)20(15-9-10-15)11-13-5-7-14(18)8-6-13/h5-8,15H,3-4,9-12,19H2,1-2H3. The predicted octanol–water partition coefficient (Wildman–Crippen LogP) is 3.60. The topological polar surface area (TPSA) is 46.3 Å². The summed E-state index contributed by atoms with van der Waals surface area (Å²) in [6, 6.07) is 8.13. The van der Waals surface area contributed by atoms with Crippen LogP contribution >= 0.6 is 11.6 Å². The molecule has 0 radical (unpaired) electrons. The van der Waals surface area contributed by atoms with Crippen molar-refractivity contribution in [2.45, 2.75) is 52.1 Å². The van der Waals surface area contributed by atoms with Gasteiger partial charge in [0.05, 0.1) is 5.41 Å². The van der Waals surface area contributed by atoms with Crippen molar-refractivity contribution in [1.82, 2.24) is 4.90 Å². The number of carbonyl (C=O) groups is 1. The van der Waals surface area contributed by atoms with Crippen molar-refractivity contribution >= 4 is 17.5 Å². The highest BCUT2D eigenvalue weighted by molar-refractivity contribution is 6.30. The van der Waals surface area contributed by atoms with Crippen molar-refractivity contribution in [3.63, 3.8) is 0 Å². The minimum absolute atomic E-state index is 0.215. The number of benzene rings is 1. The molecule has 3 nitrogen and oxygen atoms in total. The molecule has 21 heavy (non-hydrogen) atoms. The molecule has 1 aliphatic rings. The molecule has 4 heteroatoms. The van der Waals surface area contributed by atoms with E-state index in [0.29, 0.717) is 19.1 Å². The van der Waals surface area contributed by atoms with Crippen molar-refractivity contribution in [2.75, 3.05) is 6.54 Å². The minimum Gasteiger partial charge on any atom is -0.335 e. The average molecular weight is 309 g/mol. The molecular weight excluding hydrogens is 284 g/mol. The Balaban J connectivity index is 2.18. The van der Waals surface area contributed by atoms with E-state index in [0.717, 1.165) is 36.3 Å². The zero-order chi connectivity index (χ0) is 15.5. The van der Waals surface area contributed by atoms with Crippen LogP contribution in [0, 0.1) is 5.41 Å². The number of hydrogen-bond acceptors (Lipinski definition) is 2. The lowest BCUT2D eigenvalue weighted by atomic mass is 9.80. The van der Waals surface area contributed by atoms with Gasteiger partial charge in [0.1, 0.15) is 0 Å². The maximum atomic E-state index is 13.0. The largest absolute Gasteiger partial charge is 0.335 e. The highest BCUT2D eigenvalue weighted by atomic mass is 35.5. The number of halogens is 1. The van der Waals surface area contributed by atoms with Gasteiger partial charge in [-0.15, -0.1) is 0 Å². The maximum Gasteiger partial charge on any atom is 0.230 e. The van der Waals surface area contributed by atoms with Gasteiger partial charge in [-0.1, -0.05) is 37.6 Å². The third-order valence-corrected chi connectivity index (χ3v) is 4.96. The van der Waals surface area contributed by atoms with Crippen LogP contribution in [0.15, 0.2) is 24.3 Å². The highest BCUT2D eigenvalue weighted by Crippen LogP contribution is 2.35. The zero-order valence-corrected chi connectivity index (χ0v) is 13.7. The second-order valence-corrected chi connectivity index (χ2v) is 6.42. The van der Waals surface area contributed by atoms with Crippen LogP contribution in [0.2, 0.25) is 5.02 Å². The summed E-state index contributed by atoms with van der Waals surface area (Å²) in [4.78, 5) is 15.1. The predicted molar refractivity (Wildman–Crippen MR) is 87.1 cm³/mol. The van der Waals surface area contributed by atoms with Crippen molar-refractivity contribution in [2.24, 2.45) is 11.1 Å². The van der Waals surface area contributed by atoms with E-state index >= 15 is 0 Å². The first-order valence-electron chi connectivity index (χ1n) is 7.82. The molecule has 0 heterocycles. The summed E-state index contributed by atoms with van der Waals surface area (Å²) in [7, 11) is 0. The van der Waals surface area contributed by atoms with E-state index in [9.17, 15) is 4.79 Å². The zero-order valence-electron chi connectivity index (χ0n) is 12.9. The fourth-order valence-corrected chi connectivity index (χ4v) is 2.90. The maximum absolute atomic E-state index is 13.0. The molecule has 0 bridgehead atoms. The van der Waals surface area contributed by atoms with Gasteiger partial charge in [-0.25, -0.2) is 0 Å². The second kappa shape index (κ2) is 6.80. The summed E-state index contributed by atoms with van der Waals surface area (Å²) in [5.74, 6) is 0.215. The summed E-state index contributed by atoms with van der Waals surface area (Å²) < 4.78 is 0. The lowest BCUT2D eigenvalue weighted by Gasteiger charge is -2.35. The minimum atomic E-state index is -0.408. The molecule has 0 saturated heterocycles. The first-order valence-corrected chi connectivity index (χ1v) is 8.19. The van der Waals surface area contributed by atoms with E-state index in [1.165, 1.54) is 0 Å². The van der Waals surface area contributed by atoms with Gasteiger partial charge in [0, 0.05) is 24.2 Å². The van der Waals surface area contributed by atoms with E-state index in [4.69, 9.17) is 17.3 Å². The Hall–Kier alpha value is -1.06. The summed E-state index contributed by atoms with van der Waals surface area (Å²) in [6.07, 6.45) is 3.80. The Kier molecular flexibility index (Phi) is 5.28. The van der Waals surface area contributed by atoms with Gasteiger partial charge < -0.3 is 10.6 Å². The molecule has 2 N–H and O–H groups in total. The summed E-state index contributed by atoms with van der Waals surface area (Å²) in [5.41, 5.74) is 6.65. The molecule has 0 aliphatic heterocycles. The Morgan fingerprint density at radius 2 is 1.86 bits per heavy atom. The summed E-state index contributed by atoms with van der Waals surface area (Å²) >= 11 is 5.93. The third-order valence-electron chi connectivity index (χ3n) is 4.71. The lowest BCUT2D eigenvalue weighted by Crippen LogP contribution is -2.48. The number of amides is 1. The molecule has 1 aliphatic carbocycles. The first kappa shape index (κ1) is 16.3. The van der Waals surface area contributed by atoms with Crippen molar-refractivity contribution in [3.05, 3.63) is 34.9 Å². The van der Waals surface area contributed by atoms with Crippen LogP contribution in [0.3, 0.4) is 0 Å². The molecule has 1 fully saturated rings. The van der Waals surface area contributed by atoms with E-state index in [1.807, 2.05) is 29.2 Å². The van der Waals surface area contributed by atoms with Crippen molar-refractivity contribution in [3.8, 4) is 0 Å². The quantitative estimate of drug-likeness (QED) is 0.836. The molecule has 2 rings (SSSR count). The van der Waals surface area contributed by atoms with Crippen LogP contribution in [0.25, 0.3) is 0 Å². The van der Waals surface area contributed by atoms with E-state index < -0.39 is 5.41 Å². The number of hydrogen-bond donors (Lipinski definition) is 1. The Morgan fingerprint density at radius 3 is 2.29 bits per heavy atom. The molecule has 116 valence electrons. The second-order valence-electron chi connectivity index (χ2n) is 5.98. The van der Waals surface area contributed by atoms with Crippen LogP contribution in [-0.2, 0) is 11.3 Å². The molecule has 1 aromatic carbocycles. The lowest BCUT2D eigenvalue weighted by molar-refractivity contribution is -0.143. The van der Waals surface area contributed by atoms with Crippen LogP contribution in [0.4, 0.5) is 0 Å². The van der Waals surface area contributed by atoms with Gasteiger partial charge in [-0.2, -0.15) is 0 Å².